The van der Waals surface area contributed by atoms with Crippen molar-refractivity contribution in [2.24, 2.45) is 0 Å². The van der Waals surface area contributed by atoms with Gasteiger partial charge in [-0.25, -0.2) is 4.98 Å². The molecule has 2 heterocycles. The largest absolute Gasteiger partial charge is 0.487 e. The van der Waals surface area contributed by atoms with Gasteiger partial charge in [0.25, 0.3) is 0 Å². The topological polar surface area (TPSA) is 80.5 Å². The Hall–Kier alpha value is -2.28. The van der Waals surface area contributed by atoms with Gasteiger partial charge in [0.15, 0.2) is 5.13 Å². The molecule has 6 nitrogen and oxygen atoms in total. The minimum absolute atomic E-state index is 0.00645. The summed E-state index contributed by atoms with van der Waals surface area (Å²) in [5.74, 6) is 0.601. The number of aromatic nitrogens is 1. The third-order valence-corrected chi connectivity index (χ3v) is 3.85. The average Bonchev–Trinajstić information content (AvgIpc) is 2.90. The Labute approximate surface area is 126 Å². The van der Waals surface area contributed by atoms with Gasteiger partial charge in [0.2, 0.25) is 5.91 Å². The van der Waals surface area contributed by atoms with Crippen molar-refractivity contribution >= 4 is 33.8 Å². The molecule has 0 saturated carbocycles. The average molecular weight is 304 g/mol. The van der Waals surface area contributed by atoms with Crippen LogP contribution in [0.3, 0.4) is 0 Å². The fourth-order valence-corrected chi connectivity index (χ4v) is 2.93. The van der Waals surface area contributed by atoms with E-state index in [4.69, 9.17) is 10.5 Å². The number of nitrogens with one attached hydrogen (secondary N) is 1. The molecule has 1 aromatic carbocycles. The van der Waals surface area contributed by atoms with E-state index in [0.717, 1.165) is 11.4 Å². The summed E-state index contributed by atoms with van der Waals surface area (Å²) < 4.78 is 5.77. The van der Waals surface area contributed by atoms with Crippen LogP contribution in [0.5, 0.6) is 5.75 Å². The number of rotatable bonds is 3. The molecule has 3 N–H and O–H groups in total. The zero-order valence-corrected chi connectivity index (χ0v) is 12.4. The van der Waals surface area contributed by atoms with Crippen molar-refractivity contribution in [3.05, 3.63) is 29.8 Å². The van der Waals surface area contributed by atoms with Crippen molar-refractivity contribution < 1.29 is 9.53 Å². The number of nitrogens with zero attached hydrogens (tertiary/aromatic N) is 2. The lowest BCUT2D eigenvalue weighted by atomic mass is 10.1. The molecule has 0 aliphatic carbocycles. The number of nitrogens with two attached hydrogens (primary N) is 1. The standard InChI is InChI=1S/C14H16N4O2S/c1-9-7-18(8-12(19)17-14-16-5-6-21-14)13-10(15)3-2-4-11(13)20-9/h2-6,9H,7-8,15H2,1H3,(H,16,17,19). The number of nitrogen functional groups attached to an aromatic ring is 1. The maximum absolute atomic E-state index is 12.1. The Balaban J connectivity index is 1.78. The highest BCUT2D eigenvalue weighted by Gasteiger charge is 2.26. The van der Waals surface area contributed by atoms with Crippen molar-refractivity contribution in [1.82, 2.24) is 4.98 Å². The summed E-state index contributed by atoms with van der Waals surface area (Å²) in [6.45, 7) is 2.80. The van der Waals surface area contributed by atoms with Crippen molar-refractivity contribution in [1.29, 1.82) is 0 Å². The van der Waals surface area contributed by atoms with Crippen LogP contribution in [-0.2, 0) is 4.79 Å². The van der Waals surface area contributed by atoms with Gasteiger partial charge in [0, 0.05) is 11.6 Å². The summed E-state index contributed by atoms with van der Waals surface area (Å²) >= 11 is 1.39. The molecule has 1 aliphatic heterocycles. The van der Waals surface area contributed by atoms with Crippen LogP contribution >= 0.6 is 11.3 Å². The van der Waals surface area contributed by atoms with Gasteiger partial charge >= 0.3 is 0 Å². The van der Waals surface area contributed by atoms with Crippen LogP contribution < -0.4 is 20.7 Å². The first-order valence-electron chi connectivity index (χ1n) is 6.63. The van der Waals surface area contributed by atoms with E-state index in [9.17, 15) is 4.79 Å². The van der Waals surface area contributed by atoms with Gasteiger partial charge in [-0.1, -0.05) is 6.07 Å². The second kappa shape index (κ2) is 5.61. The van der Waals surface area contributed by atoms with Crippen LogP contribution in [0.25, 0.3) is 0 Å². The summed E-state index contributed by atoms with van der Waals surface area (Å²) in [4.78, 5) is 18.1. The number of ether oxygens (including phenoxy) is 1. The molecule has 21 heavy (non-hydrogen) atoms. The van der Waals surface area contributed by atoms with Gasteiger partial charge in [-0.2, -0.15) is 0 Å². The molecule has 1 amide bonds. The van der Waals surface area contributed by atoms with Crippen LogP contribution in [-0.4, -0.2) is 30.1 Å². The molecule has 1 aromatic heterocycles. The highest BCUT2D eigenvalue weighted by Crippen LogP contribution is 2.38. The van der Waals surface area contributed by atoms with Gasteiger partial charge in [0.05, 0.1) is 18.8 Å². The molecular formula is C14H16N4O2S. The van der Waals surface area contributed by atoms with Gasteiger partial charge in [-0.3, -0.25) is 4.79 Å². The molecule has 7 heteroatoms. The zero-order valence-electron chi connectivity index (χ0n) is 11.6. The summed E-state index contributed by atoms with van der Waals surface area (Å²) in [6, 6.07) is 5.52. The number of amides is 1. The number of hydrogen-bond acceptors (Lipinski definition) is 6. The van der Waals surface area contributed by atoms with Crippen LogP contribution in [0, 0.1) is 0 Å². The Kier molecular flexibility index (Phi) is 3.66. The number of anilines is 3. The van der Waals surface area contributed by atoms with E-state index < -0.39 is 0 Å². The fraction of sp³-hybridized carbons (Fsp3) is 0.286. The van der Waals surface area contributed by atoms with Crippen LogP contribution in [0.15, 0.2) is 29.8 Å². The molecule has 1 atom stereocenters. The number of carbonyl (C=O) groups excluding carboxylic acids is 1. The predicted molar refractivity (Wildman–Crippen MR) is 83.9 cm³/mol. The maximum Gasteiger partial charge on any atom is 0.245 e. The number of benzene rings is 1. The van der Waals surface area contributed by atoms with E-state index in [0.29, 0.717) is 17.4 Å². The second-order valence-electron chi connectivity index (χ2n) is 4.89. The summed E-state index contributed by atoms with van der Waals surface area (Å²) in [7, 11) is 0. The van der Waals surface area contributed by atoms with Gasteiger partial charge in [-0.15, -0.1) is 11.3 Å². The first kappa shape index (κ1) is 13.7. The van der Waals surface area contributed by atoms with Crippen molar-refractivity contribution in [2.45, 2.75) is 13.0 Å². The number of carbonyl (C=O) groups is 1. The number of fused-ring (bicyclic) bond motifs is 1. The van der Waals surface area contributed by atoms with Gasteiger partial charge < -0.3 is 20.7 Å². The first-order chi connectivity index (χ1) is 10.1. The maximum atomic E-state index is 12.1. The fourth-order valence-electron chi connectivity index (χ4n) is 2.39. The Bertz CT molecular complexity index is 644. The highest BCUT2D eigenvalue weighted by molar-refractivity contribution is 7.13. The smallest absolute Gasteiger partial charge is 0.245 e. The minimum Gasteiger partial charge on any atom is -0.487 e. The van der Waals surface area contributed by atoms with E-state index >= 15 is 0 Å². The van der Waals surface area contributed by atoms with Crippen LogP contribution in [0.2, 0.25) is 0 Å². The quantitative estimate of drug-likeness (QED) is 0.847. The molecule has 0 bridgehead atoms. The lowest BCUT2D eigenvalue weighted by molar-refractivity contribution is -0.115. The molecule has 1 aliphatic rings. The van der Waals surface area contributed by atoms with Gasteiger partial charge in [0.1, 0.15) is 17.5 Å². The Morgan fingerprint density at radius 2 is 2.48 bits per heavy atom. The molecule has 110 valence electrons. The van der Waals surface area contributed by atoms with E-state index in [-0.39, 0.29) is 18.6 Å². The SMILES string of the molecule is CC1CN(CC(=O)Nc2nccs2)c2c(N)cccc2O1. The molecular weight excluding hydrogens is 288 g/mol. The predicted octanol–water partition coefficient (Wildman–Crippen LogP) is 1.95. The Morgan fingerprint density at radius 1 is 1.62 bits per heavy atom. The molecule has 0 spiro atoms. The lowest BCUT2D eigenvalue weighted by Gasteiger charge is -2.35. The second-order valence-corrected chi connectivity index (χ2v) is 5.78. The molecule has 2 aromatic rings. The molecule has 1 unspecified atom stereocenters. The first-order valence-corrected chi connectivity index (χ1v) is 7.51. The summed E-state index contributed by atoms with van der Waals surface area (Å²) in [6.07, 6.45) is 1.66. The highest BCUT2D eigenvalue weighted by atomic mass is 32.1. The molecule has 0 radical (unpaired) electrons. The normalized spacial score (nSPS) is 17.0. The summed E-state index contributed by atoms with van der Waals surface area (Å²) in [5.41, 5.74) is 7.42. The minimum atomic E-state index is -0.117. The number of para-hydroxylation sites is 1. The van der Waals surface area contributed by atoms with E-state index in [1.807, 2.05) is 35.4 Å². The van der Waals surface area contributed by atoms with Crippen molar-refractivity contribution in [2.75, 3.05) is 29.0 Å². The van der Waals surface area contributed by atoms with E-state index in [1.165, 1.54) is 11.3 Å². The molecule has 0 saturated heterocycles. The molecule has 0 fully saturated rings. The van der Waals surface area contributed by atoms with Crippen LogP contribution in [0.4, 0.5) is 16.5 Å². The Morgan fingerprint density at radius 3 is 3.24 bits per heavy atom. The van der Waals surface area contributed by atoms with Crippen LogP contribution in [0.1, 0.15) is 6.92 Å². The number of thiazole rings is 1. The molecule has 3 rings (SSSR count). The monoisotopic (exact) mass is 304 g/mol. The lowest BCUT2D eigenvalue weighted by Crippen LogP contribution is -2.43. The zero-order chi connectivity index (χ0) is 14.8. The van der Waals surface area contributed by atoms with Gasteiger partial charge in [-0.05, 0) is 19.1 Å². The van der Waals surface area contributed by atoms with E-state index in [2.05, 4.69) is 10.3 Å². The summed E-state index contributed by atoms with van der Waals surface area (Å²) in [5, 5.41) is 5.20. The van der Waals surface area contributed by atoms with Crippen molar-refractivity contribution in [3.8, 4) is 5.75 Å². The third-order valence-electron chi connectivity index (χ3n) is 3.17. The van der Waals surface area contributed by atoms with Crippen molar-refractivity contribution in [3.63, 3.8) is 0 Å². The number of hydrogen-bond donors (Lipinski definition) is 2. The third kappa shape index (κ3) is 2.92. The van der Waals surface area contributed by atoms with E-state index in [1.54, 1.807) is 6.20 Å².